The second-order valence-corrected chi connectivity index (χ2v) is 8.25. The first-order valence-electron chi connectivity index (χ1n) is 9.37. The van der Waals surface area contributed by atoms with Gasteiger partial charge in [0.1, 0.15) is 5.60 Å². The van der Waals surface area contributed by atoms with Gasteiger partial charge in [-0.25, -0.2) is 9.59 Å². The molecule has 8 heteroatoms. The molecule has 3 amide bonds. The van der Waals surface area contributed by atoms with Crippen molar-refractivity contribution in [1.29, 1.82) is 0 Å². The van der Waals surface area contributed by atoms with Crippen LogP contribution in [0.25, 0.3) is 0 Å². The monoisotopic (exact) mass is 400 g/mol. The third-order valence-electron chi connectivity index (χ3n) is 4.90. The third kappa shape index (κ3) is 3.87. The maximum Gasteiger partial charge on any atom is 0.410 e. The summed E-state index contributed by atoms with van der Waals surface area (Å²) in [5, 5.41) is 0.494. The van der Waals surface area contributed by atoms with Crippen molar-refractivity contribution >= 4 is 23.9 Å². The van der Waals surface area contributed by atoms with E-state index in [1.165, 1.54) is 17.0 Å². The topological polar surface area (TPSA) is 93.2 Å². The summed E-state index contributed by atoms with van der Waals surface area (Å²) in [5.74, 6) is -2.12. The molecular weight excluding hydrogens is 376 g/mol. The minimum absolute atomic E-state index is 0.0515. The van der Waals surface area contributed by atoms with Crippen LogP contribution in [-0.2, 0) is 14.4 Å². The van der Waals surface area contributed by atoms with Crippen LogP contribution in [0.5, 0.6) is 0 Å². The van der Waals surface area contributed by atoms with Crippen molar-refractivity contribution in [3.05, 3.63) is 48.0 Å². The molecule has 1 atom stereocenters. The van der Waals surface area contributed by atoms with Gasteiger partial charge in [-0.3, -0.25) is 9.59 Å². The van der Waals surface area contributed by atoms with E-state index in [0.717, 1.165) is 0 Å². The normalized spacial score (nSPS) is 21.2. The van der Waals surface area contributed by atoms with E-state index >= 15 is 0 Å². The lowest BCUT2D eigenvalue weighted by Crippen LogP contribution is -2.43. The summed E-state index contributed by atoms with van der Waals surface area (Å²) in [5.41, 5.74) is -1.40. The number of hydrogen-bond donors (Lipinski definition) is 0. The Kier molecular flexibility index (Phi) is 5.21. The van der Waals surface area contributed by atoms with E-state index in [1.54, 1.807) is 39.0 Å². The Hall–Kier alpha value is -3.16. The van der Waals surface area contributed by atoms with E-state index in [0.29, 0.717) is 18.0 Å². The second kappa shape index (κ2) is 7.35. The molecule has 1 saturated heterocycles. The number of rotatable bonds is 4. The van der Waals surface area contributed by atoms with Crippen molar-refractivity contribution in [3.63, 3.8) is 0 Å². The van der Waals surface area contributed by atoms with Gasteiger partial charge in [0.15, 0.2) is 0 Å². The number of nitrogens with zero attached hydrogens (tertiary/aromatic N) is 2. The molecule has 8 nitrogen and oxygen atoms in total. The van der Waals surface area contributed by atoms with Gasteiger partial charge in [-0.05, 0) is 45.7 Å². The summed E-state index contributed by atoms with van der Waals surface area (Å²) in [6, 6.07) is 6.26. The lowest BCUT2D eigenvalue weighted by molar-refractivity contribution is -0.180. The van der Waals surface area contributed by atoms with Crippen molar-refractivity contribution in [3.8, 4) is 0 Å². The Morgan fingerprint density at radius 2 is 1.76 bits per heavy atom. The minimum atomic E-state index is -1.10. The Balaban J connectivity index is 1.76. The van der Waals surface area contributed by atoms with Crippen LogP contribution in [0.2, 0.25) is 0 Å². The Bertz CT molecular complexity index is 852. The summed E-state index contributed by atoms with van der Waals surface area (Å²) in [6.45, 7) is 9.30. The highest BCUT2D eigenvalue weighted by Crippen LogP contribution is 2.37. The number of allylic oxidation sites excluding steroid dienone is 1. The predicted octanol–water partition coefficient (Wildman–Crippen LogP) is 2.94. The van der Waals surface area contributed by atoms with Gasteiger partial charge in [-0.1, -0.05) is 23.3 Å². The van der Waals surface area contributed by atoms with E-state index in [9.17, 15) is 19.2 Å². The molecule has 0 radical (unpaired) electrons. The minimum Gasteiger partial charge on any atom is -0.444 e. The van der Waals surface area contributed by atoms with Crippen LogP contribution in [-0.4, -0.2) is 52.5 Å². The summed E-state index contributed by atoms with van der Waals surface area (Å²) >= 11 is 0. The zero-order valence-corrected chi connectivity index (χ0v) is 16.8. The predicted molar refractivity (Wildman–Crippen MR) is 103 cm³/mol. The molecule has 1 aromatic rings. The van der Waals surface area contributed by atoms with Gasteiger partial charge >= 0.3 is 12.1 Å². The van der Waals surface area contributed by atoms with Crippen molar-refractivity contribution in [2.45, 2.75) is 39.2 Å². The van der Waals surface area contributed by atoms with Crippen molar-refractivity contribution in [2.75, 3.05) is 13.1 Å². The fourth-order valence-corrected chi connectivity index (χ4v) is 3.48. The number of imide groups is 1. The molecule has 2 aliphatic rings. The van der Waals surface area contributed by atoms with Crippen molar-refractivity contribution in [1.82, 2.24) is 9.96 Å². The molecule has 2 heterocycles. The molecule has 0 aliphatic carbocycles. The summed E-state index contributed by atoms with van der Waals surface area (Å²) in [4.78, 5) is 57.0. The van der Waals surface area contributed by atoms with Crippen LogP contribution in [0, 0.1) is 5.41 Å². The molecule has 29 heavy (non-hydrogen) atoms. The first-order valence-corrected chi connectivity index (χ1v) is 9.37. The van der Waals surface area contributed by atoms with E-state index in [4.69, 9.17) is 9.57 Å². The van der Waals surface area contributed by atoms with Crippen LogP contribution in [0.3, 0.4) is 0 Å². The molecule has 0 N–H and O–H groups in total. The fourth-order valence-electron chi connectivity index (χ4n) is 3.48. The van der Waals surface area contributed by atoms with Crippen LogP contribution >= 0.6 is 0 Å². The quantitative estimate of drug-likeness (QED) is 0.570. The Labute approximate surface area is 169 Å². The standard InChI is InChI=1S/C21H24N2O6/c1-5-10-21(11-12-22(13-21)19(27)28-20(2,3)4)18(26)29-23-16(24)14-8-6-7-9-15(14)17(23)25/h5-9H,1,10-13H2,2-4H3. The average molecular weight is 400 g/mol. The molecule has 1 fully saturated rings. The van der Waals surface area contributed by atoms with Gasteiger partial charge in [0.2, 0.25) is 0 Å². The van der Waals surface area contributed by atoms with Crippen LogP contribution in [0.4, 0.5) is 4.79 Å². The van der Waals surface area contributed by atoms with Crippen molar-refractivity contribution in [2.24, 2.45) is 5.41 Å². The number of fused-ring (bicyclic) bond motifs is 1. The van der Waals surface area contributed by atoms with Gasteiger partial charge < -0.3 is 14.5 Å². The number of likely N-dealkylation sites (tertiary alicyclic amines) is 1. The zero-order valence-electron chi connectivity index (χ0n) is 16.8. The van der Waals surface area contributed by atoms with E-state index in [1.807, 2.05) is 0 Å². The number of carbonyl (C=O) groups is 4. The summed E-state index contributed by atoms with van der Waals surface area (Å²) in [6.07, 6.45) is 1.56. The number of amides is 3. The maximum atomic E-state index is 13.0. The van der Waals surface area contributed by atoms with Gasteiger partial charge in [-0.2, -0.15) is 0 Å². The lowest BCUT2D eigenvalue weighted by Gasteiger charge is -2.28. The highest BCUT2D eigenvalue weighted by atomic mass is 16.7. The van der Waals surface area contributed by atoms with E-state index in [-0.39, 0.29) is 24.1 Å². The molecule has 1 unspecified atom stereocenters. The number of hydrogen-bond acceptors (Lipinski definition) is 6. The Morgan fingerprint density at radius 3 is 2.28 bits per heavy atom. The molecule has 0 saturated carbocycles. The maximum absolute atomic E-state index is 13.0. The molecule has 154 valence electrons. The largest absolute Gasteiger partial charge is 0.444 e. The van der Waals surface area contributed by atoms with Gasteiger partial charge in [0.05, 0.1) is 16.5 Å². The van der Waals surface area contributed by atoms with Crippen LogP contribution in [0.15, 0.2) is 36.9 Å². The number of ether oxygens (including phenoxy) is 1. The molecule has 3 rings (SSSR count). The lowest BCUT2D eigenvalue weighted by atomic mass is 9.84. The molecule has 0 spiro atoms. The molecule has 0 bridgehead atoms. The highest BCUT2D eigenvalue weighted by molar-refractivity contribution is 6.20. The first-order chi connectivity index (χ1) is 13.6. The van der Waals surface area contributed by atoms with Gasteiger partial charge in [-0.15, -0.1) is 6.58 Å². The first kappa shape index (κ1) is 20.6. The molecule has 1 aromatic carbocycles. The third-order valence-corrected chi connectivity index (χ3v) is 4.90. The number of hydroxylamine groups is 2. The van der Waals surface area contributed by atoms with Crippen LogP contribution < -0.4 is 0 Å². The average Bonchev–Trinajstić information content (AvgIpc) is 3.18. The van der Waals surface area contributed by atoms with Crippen LogP contribution in [0.1, 0.15) is 54.3 Å². The number of carbonyl (C=O) groups excluding carboxylic acids is 4. The highest BCUT2D eigenvalue weighted by Gasteiger charge is 2.50. The molecule has 2 aliphatic heterocycles. The van der Waals surface area contributed by atoms with Gasteiger partial charge in [0.25, 0.3) is 11.8 Å². The smallest absolute Gasteiger partial charge is 0.410 e. The van der Waals surface area contributed by atoms with E-state index in [2.05, 4.69) is 6.58 Å². The Morgan fingerprint density at radius 1 is 1.17 bits per heavy atom. The SMILES string of the molecule is C=CCC1(C(=O)ON2C(=O)c3ccccc3C2=O)CCN(C(=O)OC(C)(C)C)C1. The number of benzene rings is 1. The fraction of sp³-hybridized carbons (Fsp3) is 0.429. The van der Waals surface area contributed by atoms with E-state index < -0.39 is 34.9 Å². The van der Waals surface area contributed by atoms with Gasteiger partial charge in [0, 0.05) is 13.1 Å². The zero-order chi connectivity index (χ0) is 21.4. The summed E-state index contributed by atoms with van der Waals surface area (Å²) in [7, 11) is 0. The summed E-state index contributed by atoms with van der Waals surface area (Å²) < 4.78 is 5.37. The second-order valence-electron chi connectivity index (χ2n) is 8.25. The molecular formula is C21H24N2O6. The molecule has 0 aromatic heterocycles. The van der Waals surface area contributed by atoms with Crippen molar-refractivity contribution < 1.29 is 28.8 Å².